The molecule has 11 aromatic rings. The number of amidine groups is 2. The molecule has 6 nitrogen and oxygen atoms in total. The molecule has 0 radical (unpaired) electrons. The third-order valence-electron chi connectivity index (χ3n) is 11.1. The van der Waals surface area contributed by atoms with Crippen LogP contribution in [0.1, 0.15) is 16.7 Å². The van der Waals surface area contributed by atoms with E-state index in [4.69, 9.17) is 14.4 Å². The highest BCUT2D eigenvalue weighted by Gasteiger charge is 2.22. The molecule has 0 atom stereocenters. The summed E-state index contributed by atoms with van der Waals surface area (Å²) in [6.07, 6.45) is 0. The number of para-hydroxylation sites is 4. The molecule has 0 fully saturated rings. The van der Waals surface area contributed by atoms with E-state index in [0.717, 1.165) is 61.0 Å². The summed E-state index contributed by atoms with van der Waals surface area (Å²) in [6.45, 7) is 4.31. The first-order chi connectivity index (χ1) is 28.7. The number of aliphatic imine (C=N–C) groups is 3. The SMILES string of the molecule is C=N/C(=N\C(=N/Cc1ccccc1)c1cccc2c1oc1ccc(-n3c4ccccc4c4ccc5c6ccccc6n(-c6ccccc6)c5c43)cc12)c1ccccc1. The minimum absolute atomic E-state index is 0.446. The number of rotatable bonds is 6. The molecule has 0 aliphatic rings. The first kappa shape index (κ1) is 33.5. The number of furan rings is 1. The van der Waals surface area contributed by atoms with E-state index in [1.807, 2.05) is 54.6 Å². The molecule has 0 bridgehead atoms. The van der Waals surface area contributed by atoms with Crippen LogP contribution >= 0.6 is 0 Å². The Kier molecular flexibility index (Phi) is 7.93. The third-order valence-corrected chi connectivity index (χ3v) is 11.1. The van der Waals surface area contributed by atoms with Gasteiger partial charge in [0.15, 0.2) is 11.7 Å². The van der Waals surface area contributed by atoms with Crippen molar-refractivity contribution in [2.75, 3.05) is 0 Å². The molecule has 6 heteroatoms. The highest BCUT2D eigenvalue weighted by Crippen LogP contribution is 2.42. The Morgan fingerprint density at radius 1 is 0.483 bits per heavy atom. The lowest BCUT2D eigenvalue weighted by molar-refractivity contribution is 0.668. The lowest BCUT2D eigenvalue weighted by Crippen LogP contribution is -2.06. The molecule has 274 valence electrons. The van der Waals surface area contributed by atoms with Gasteiger partial charge < -0.3 is 13.6 Å². The Bertz CT molecular complexity index is 3430. The number of fused-ring (bicyclic) bond motifs is 10. The number of benzene rings is 8. The second-order valence-electron chi connectivity index (χ2n) is 14.4. The largest absolute Gasteiger partial charge is 0.455 e. The molecule has 0 amide bonds. The third kappa shape index (κ3) is 5.38. The van der Waals surface area contributed by atoms with Gasteiger partial charge in [-0.15, -0.1) is 0 Å². The molecule has 0 spiro atoms. The fourth-order valence-corrected chi connectivity index (χ4v) is 8.52. The average molecular weight is 746 g/mol. The zero-order chi connectivity index (χ0) is 38.6. The van der Waals surface area contributed by atoms with Crippen molar-refractivity contribution in [3.8, 4) is 11.4 Å². The maximum atomic E-state index is 6.76. The molecule has 8 aromatic carbocycles. The van der Waals surface area contributed by atoms with Gasteiger partial charge in [-0.25, -0.2) is 9.98 Å². The van der Waals surface area contributed by atoms with Gasteiger partial charge >= 0.3 is 0 Å². The van der Waals surface area contributed by atoms with E-state index < -0.39 is 0 Å². The monoisotopic (exact) mass is 745 g/mol. The maximum Gasteiger partial charge on any atom is 0.161 e. The van der Waals surface area contributed by atoms with E-state index in [1.165, 1.54) is 32.6 Å². The van der Waals surface area contributed by atoms with Crippen molar-refractivity contribution in [1.29, 1.82) is 0 Å². The zero-order valence-electron chi connectivity index (χ0n) is 31.5. The highest BCUT2D eigenvalue weighted by atomic mass is 16.3. The van der Waals surface area contributed by atoms with Crippen LogP contribution in [0.25, 0.3) is 76.9 Å². The fourth-order valence-electron chi connectivity index (χ4n) is 8.52. The van der Waals surface area contributed by atoms with Gasteiger partial charge in [-0.05, 0) is 60.8 Å². The van der Waals surface area contributed by atoms with E-state index >= 15 is 0 Å². The van der Waals surface area contributed by atoms with Crippen molar-refractivity contribution in [3.05, 3.63) is 205 Å². The second kappa shape index (κ2) is 13.7. The van der Waals surface area contributed by atoms with Crippen LogP contribution < -0.4 is 0 Å². The van der Waals surface area contributed by atoms with Gasteiger partial charge in [-0.3, -0.25) is 4.99 Å². The molecule has 3 heterocycles. The summed E-state index contributed by atoms with van der Waals surface area (Å²) in [5, 5.41) is 6.82. The Hall–Kier alpha value is -7.83. The maximum absolute atomic E-state index is 6.76. The van der Waals surface area contributed by atoms with Crippen molar-refractivity contribution in [1.82, 2.24) is 9.13 Å². The summed E-state index contributed by atoms with van der Waals surface area (Å²) in [5.41, 5.74) is 11.0. The molecule has 0 aliphatic carbocycles. The van der Waals surface area contributed by atoms with Crippen molar-refractivity contribution < 1.29 is 4.42 Å². The van der Waals surface area contributed by atoms with E-state index in [2.05, 4.69) is 154 Å². The predicted octanol–water partition coefficient (Wildman–Crippen LogP) is 12.9. The number of hydrogen-bond acceptors (Lipinski definition) is 2. The number of nitrogens with zero attached hydrogens (tertiary/aromatic N) is 5. The quantitative estimate of drug-likeness (QED) is 0.123. The van der Waals surface area contributed by atoms with Crippen molar-refractivity contribution >= 4 is 83.9 Å². The lowest BCUT2D eigenvalue weighted by atomic mass is 10.1. The van der Waals surface area contributed by atoms with Crippen LogP contribution in [-0.4, -0.2) is 27.5 Å². The Morgan fingerprint density at radius 2 is 1.07 bits per heavy atom. The molecule has 0 aliphatic heterocycles. The molecule has 0 N–H and O–H groups in total. The van der Waals surface area contributed by atoms with Gasteiger partial charge in [0.25, 0.3) is 0 Å². The van der Waals surface area contributed by atoms with E-state index in [-0.39, 0.29) is 0 Å². The summed E-state index contributed by atoms with van der Waals surface area (Å²) in [4.78, 5) is 14.5. The van der Waals surface area contributed by atoms with Crippen LogP contribution in [0, 0.1) is 0 Å². The summed E-state index contributed by atoms with van der Waals surface area (Å²) < 4.78 is 11.6. The van der Waals surface area contributed by atoms with Crippen molar-refractivity contribution in [2.45, 2.75) is 6.54 Å². The molecular weight excluding hydrogens is 711 g/mol. The topological polar surface area (TPSA) is 60.1 Å². The smallest absolute Gasteiger partial charge is 0.161 e. The highest BCUT2D eigenvalue weighted by molar-refractivity contribution is 6.24. The van der Waals surface area contributed by atoms with Gasteiger partial charge in [-0.1, -0.05) is 140 Å². The number of hydrogen-bond donors (Lipinski definition) is 0. The summed E-state index contributed by atoms with van der Waals surface area (Å²) in [5.74, 6) is 1.02. The van der Waals surface area contributed by atoms with E-state index in [0.29, 0.717) is 18.2 Å². The first-order valence-electron chi connectivity index (χ1n) is 19.4. The van der Waals surface area contributed by atoms with Gasteiger partial charge in [0.2, 0.25) is 0 Å². The van der Waals surface area contributed by atoms with E-state index in [1.54, 1.807) is 0 Å². The van der Waals surface area contributed by atoms with Crippen LogP contribution in [0.3, 0.4) is 0 Å². The summed E-state index contributed by atoms with van der Waals surface area (Å²) >= 11 is 0. The zero-order valence-corrected chi connectivity index (χ0v) is 31.5. The lowest BCUT2D eigenvalue weighted by Gasteiger charge is -2.12. The van der Waals surface area contributed by atoms with Crippen molar-refractivity contribution in [3.63, 3.8) is 0 Å². The average Bonchev–Trinajstić information content (AvgIpc) is 3.95. The van der Waals surface area contributed by atoms with E-state index in [9.17, 15) is 0 Å². The summed E-state index contributed by atoms with van der Waals surface area (Å²) in [7, 11) is 0. The van der Waals surface area contributed by atoms with Gasteiger partial charge in [0, 0.05) is 49.3 Å². The van der Waals surface area contributed by atoms with Gasteiger partial charge in [0.1, 0.15) is 11.2 Å². The molecule has 0 unspecified atom stereocenters. The van der Waals surface area contributed by atoms with Crippen LogP contribution in [0.15, 0.2) is 207 Å². The van der Waals surface area contributed by atoms with Crippen LogP contribution in [0.5, 0.6) is 0 Å². The standard InChI is InChI=1S/C52H35N5O/c1-53-51(35-18-7-3-8-19-35)55-52(54-33-34-16-5-2-6-17-34)43-25-15-24-42-44-32-37(28-31-47(44)58-50(42)43)57-46-27-14-12-23-39(46)41-30-29-40-38-22-11-13-26-45(38)56(48(40)49(41)57)36-20-9-4-10-21-36/h2-32H,1,33H2/b54-52-,55-51-. The van der Waals surface area contributed by atoms with Crippen LogP contribution in [0.2, 0.25) is 0 Å². The normalized spacial score (nSPS) is 12.5. The Labute approximate surface area is 334 Å². The molecule has 58 heavy (non-hydrogen) atoms. The van der Waals surface area contributed by atoms with Gasteiger partial charge in [-0.2, -0.15) is 0 Å². The first-order valence-corrected chi connectivity index (χ1v) is 19.4. The molecular formula is C52H35N5O. The minimum Gasteiger partial charge on any atom is -0.455 e. The Morgan fingerprint density at radius 3 is 1.74 bits per heavy atom. The van der Waals surface area contributed by atoms with Crippen LogP contribution in [-0.2, 0) is 6.54 Å². The number of aromatic nitrogens is 2. The Balaban J connectivity index is 1.16. The summed E-state index contributed by atoms with van der Waals surface area (Å²) in [6, 6.07) is 65.4. The predicted molar refractivity (Wildman–Crippen MR) is 242 cm³/mol. The fraction of sp³-hybridized carbons (Fsp3) is 0.0192. The minimum atomic E-state index is 0.446. The molecule has 0 saturated heterocycles. The molecule has 3 aromatic heterocycles. The van der Waals surface area contributed by atoms with Gasteiger partial charge in [0.05, 0.1) is 34.2 Å². The second-order valence-corrected chi connectivity index (χ2v) is 14.4. The van der Waals surface area contributed by atoms with Crippen molar-refractivity contribution in [2.24, 2.45) is 15.0 Å². The molecule has 11 rings (SSSR count). The molecule has 0 saturated carbocycles. The van der Waals surface area contributed by atoms with Crippen LogP contribution in [0.4, 0.5) is 0 Å².